The van der Waals surface area contributed by atoms with Crippen LogP contribution >= 0.6 is 0 Å². The van der Waals surface area contributed by atoms with Crippen LogP contribution in [0.1, 0.15) is 110 Å². The molecule has 1 aliphatic heterocycles. The lowest BCUT2D eigenvalue weighted by Crippen LogP contribution is -2.45. The molecule has 0 radical (unpaired) electrons. The van der Waals surface area contributed by atoms with Crippen LogP contribution in [0.25, 0.3) is 39.0 Å². The minimum atomic E-state index is -0.192. The van der Waals surface area contributed by atoms with Gasteiger partial charge in [-0.05, 0) is 122 Å². The molecule has 1 heterocycles. The van der Waals surface area contributed by atoms with E-state index in [1.54, 1.807) is 11.1 Å². The molecule has 1 spiro atoms. The minimum absolute atomic E-state index is 0.0632. The van der Waals surface area contributed by atoms with Gasteiger partial charge in [-0.2, -0.15) is 0 Å². The van der Waals surface area contributed by atoms with E-state index in [2.05, 4.69) is 200 Å². The van der Waals surface area contributed by atoms with E-state index in [9.17, 15) is 0 Å². The van der Waals surface area contributed by atoms with Gasteiger partial charge in [-0.1, -0.05) is 197 Å². The molecule has 5 aliphatic carbocycles. The Kier molecular flexibility index (Phi) is 9.27. The average molecular weight is 818 g/mol. The zero-order valence-corrected chi connectivity index (χ0v) is 36.4. The summed E-state index contributed by atoms with van der Waals surface area (Å²) < 4.78 is 0. The van der Waals surface area contributed by atoms with Crippen molar-refractivity contribution < 1.29 is 0 Å². The Hall–Kier alpha value is -6.29. The van der Waals surface area contributed by atoms with Gasteiger partial charge in [0.25, 0.3) is 0 Å². The van der Waals surface area contributed by atoms with Gasteiger partial charge in [0, 0.05) is 22.3 Å². The second-order valence-corrected chi connectivity index (χ2v) is 19.4. The average Bonchev–Trinajstić information content (AvgIpc) is 3.74. The highest BCUT2D eigenvalue weighted by molar-refractivity contribution is 6.01. The summed E-state index contributed by atoms with van der Waals surface area (Å²) in [4.78, 5) is 5.26. The zero-order chi connectivity index (χ0) is 42.1. The molecule has 6 aliphatic rings. The number of nitrogens with zero attached hydrogens (tertiary/aromatic N) is 1. The Bertz CT molecular complexity index is 2900. The SMILES string of the molecule is CC1(C)C2=CC3c4ccccc4C4(CCCCC4)C3C=C2c2ccc(-c3cccc(-c4ccc(C5N=C(C6=CCCC=C6)NC(c6ccc(-c7ccccc7)cc6)N5)cc4)c3)cc21. The summed E-state index contributed by atoms with van der Waals surface area (Å²) in [6, 6.07) is 54.4. The number of hydrogen-bond acceptors (Lipinski definition) is 3. The van der Waals surface area contributed by atoms with E-state index in [4.69, 9.17) is 4.99 Å². The normalized spacial score (nSPS) is 23.6. The first-order chi connectivity index (χ1) is 30.9. The van der Waals surface area contributed by atoms with E-state index in [1.165, 1.54) is 93.3 Å². The lowest BCUT2D eigenvalue weighted by Gasteiger charge is -2.41. The minimum Gasteiger partial charge on any atom is -0.350 e. The fourth-order valence-electron chi connectivity index (χ4n) is 12.2. The Morgan fingerprint density at radius 2 is 1.25 bits per heavy atom. The van der Waals surface area contributed by atoms with Crippen LogP contribution in [0.4, 0.5) is 0 Å². The maximum Gasteiger partial charge on any atom is 0.131 e. The summed E-state index contributed by atoms with van der Waals surface area (Å²) in [6.45, 7) is 4.91. The molecule has 12 rings (SSSR count). The third-order valence-corrected chi connectivity index (χ3v) is 15.5. The van der Waals surface area contributed by atoms with E-state index < -0.39 is 0 Å². The Balaban J connectivity index is 0.824. The quantitative estimate of drug-likeness (QED) is 0.176. The fourth-order valence-corrected chi connectivity index (χ4v) is 12.2. The third kappa shape index (κ3) is 6.46. The summed E-state index contributed by atoms with van der Waals surface area (Å²) in [5.74, 6) is 1.96. The first-order valence-corrected chi connectivity index (χ1v) is 23.5. The lowest BCUT2D eigenvalue weighted by molar-refractivity contribution is 0.233. The van der Waals surface area contributed by atoms with Gasteiger partial charge < -0.3 is 5.32 Å². The number of allylic oxidation sites excluding steroid dienone is 6. The summed E-state index contributed by atoms with van der Waals surface area (Å²) in [5.41, 5.74) is 20.2. The van der Waals surface area contributed by atoms with Crippen molar-refractivity contribution in [1.29, 1.82) is 0 Å². The van der Waals surface area contributed by atoms with Crippen molar-refractivity contribution in [3.05, 3.63) is 220 Å². The number of nitrogens with one attached hydrogen (secondary N) is 2. The van der Waals surface area contributed by atoms with E-state index in [0.717, 1.165) is 29.8 Å². The van der Waals surface area contributed by atoms with Crippen molar-refractivity contribution in [2.24, 2.45) is 10.9 Å². The van der Waals surface area contributed by atoms with Crippen LogP contribution in [-0.4, -0.2) is 5.84 Å². The zero-order valence-electron chi connectivity index (χ0n) is 36.4. The van der Waals surface area contributed by atoms with Crippen LogP contribution < -0.4 is 10.6 Å². The van der Waals surface area contributed by atoms with Gasteiger partial charge in [0.1, 0.15) is 18.2 Å². The van der Waals surface area contributed by atoms with Crippen molar-refractivity contribution in [2.75, 3.05) is 0 Å². The summed E-state index contributed by atoms with van der Waals surface area (Å²) in [5, 5.41) is 7.55. The highest BCUT2D eigenvalue weighted by Crippen LogP contribution is 2.64. The maximum atomic E-state index is 5.26. The van der Waals surface area contributed by atoms with Crippen LogP contribution in [0.5, 0.6) is 0 Å². The van der Waals surface area contributed by atoms with Gasteiger partial charge in [-0.15, -0.1) is 0 Å². The molecule has 2 N–H and O–H groups in total. The van der Waals surface area contributed by atoms with Crippen LogP contribution in [0, 0.1) is 5.92 Å². The molecule has 310 valence electrons. The molecule has 0 bridgehead atoms. The van der Waals surface area contributed by atoms with Crippen molar-refractivity contribution in [3.63, 3.8) is 0 Å². The summed E-state index contributed by atoms with van der Waals surface area (Å²) in [6.07, 6.45) is 20.7. The van der Waals surface area contributed by atoms with Crippen LogP contribution in [0.15, 0.2) is 192 Å². The standard InChI is InChI=1S/C60H55N3/c1-59(2)53-36-47(31-32-49(53)50-38-55-51(37-54(50)59)48-21-10-11-22-52(48)60(55)33-12-5-13-34-60)46-20-14-19-45(35-46)41-25-29-44(30-26-41)58-62-56(42-17-8-4-9-18-42)61-57(63-58)43-27-23-40(24-28-43)39-15-6-3-7-16-39/h3,6-8,10-11,14-32,35-38,51,55,57-58,63H,4-5,9,12-13,33-34H2,1-2H3,(H,61,62). The molecular formula is C60H55N3. The molecule has 6 aromatic rings. The number of amidine groups is 1. The largest absolute Gasteiger partial charge is 0.350 e. The molecular weight excluding hydrogens is 763 g/mol. The van der Waals surface area contributed by atoms with Crippen LogP contribution in [0.3, 0.4) is 0 Å². The van der Waals surface area contributed by atoms with Crippen LogP contribution in [0.2, 0.25) is 0 Å². The molecule has 1 saturated carbocycles. The van der Waals surface area contributed by atoms with Gasteiger partial charge in [-0.25, -0.2) is 4.99 Å². The molecule has 6 aromatic carbocycles. The molecule has 3 nitrogen and oxygen atoms in total. The monoisotopic (exact) mass is 817 g/mol. The number of fused-ring (bicyclic) bond motifs is 8. The van der Waals surface area contributed by atoms with E-state index in [0.29, 0.717) is 11.8 Å². The second kappa shape index (κ2) is 15.2. The Morgan fingerprint density at radius 1 is 0.587 bits per heavy atom. The number of aliphatic imine (C=N–C) groups is 1. The van der Waals surface area contributed by atoms with E-state index in [1.807, 2.05) is 0 Å². The molecule has 0 saturated heterocycles. The van der Waals surface area contributed by atoms with Crippen molar-refractivity contribution in [3.8, 4) is 33.4 Å². The smallest absolute Gasteiger partial charge is 0.131 e. The van der Waals surface area contributed by atoms with Gasteiger partial charge in [-0.3, -0.25) is 5.32 Å². The second-order valence-electron chi connectivity index (χ2n) is 19.4. The van der Waals surface area contributed by atoms with Gasteiger partial charge >= 0.3 is 0 Å². The number of benzene rings is 6. The highest BCUT2D eigenvalue weighted by atomic mass is 15.3. The highest BCUT2D eigenvalue weighted by Gasteiger charge is 2.53. The maximum absolute atomic E-state index is 5.26. The van der Waals surface area contributed by atoms with Gasteiger partial charge in [0.05, 0.1) is 0 Å². The predicted octanol–water partition coefficient (Wildman–Crippen LogP) is 14.5. The molecule has 3 heteroatoms. The van der Waals surface area contributed by atoms with Crippen molar-refractivity contribution in [1.82, 2.24) is 10.6 Å². The Labute approximate surface area is 373 Å². The van der Waals surface area contributed by atoms with E-state index in [-0.39, 0.29) is 23.2 Å². The lowest BCUT2D eigenvalue weighted by atomic mass is 9.62. The number of hydrogen-bond donors (Lipinski definition) is 2. The first kappa shape index (κ1) is 38.4. The van der Waals surface area contributed by atoms with Gasteiger partial charge in [0.2, 0.25) is 0 Å². The van der Waals surface area contributed by atoms with Gasteiger partial charge in [0.15, 0.2) is 0 Å². The first-order valence-electron chi connectivity index (χ1n) is 23.5. The van der Waals surface area contributed by atoms with Crippen molar-refractivity contribution >= 4 is 11.4 Å². The van der Waals surface area contributed by atoms with E-state index >= 15 is 0 Å². The van der Waals surface area contributed by atoms with Crippen LogP contribution in [-0.2, 0) is 10.8 Å². The predicted molar refractivity (Wildman–Crippen MR) is 261 cm³/mol. The molecule has 4 unspecified atom stereocenters. The molecule has 0 amide bonds. The molecule has 0 aromatic heterocycles. The fraction of sp³-hybridized carbons (Fsp3) is 0.250. The molecule has 63 heavy (non-hydrogen) atoms. The topological polar surface area (TPSA) is 36.4 Å². The Morgan fingerprint density at radius 3 is 2.03 bits per heavy atom. The third-order valence-electron chi connectivity index (χ3n) is 15.5. The number of rotatable bonds is 6. The summed E-state index contributed by atoms with van der Waals surface area (Å²) >= 11 is 0. The molecule has 1 fully saturated rings. The van der Waals surface area contributed by atoms with Crippen molar-refractivity contribution in [2.45, 2.75) is 87.9 Å². The summed E-state index contributed by atoms with van der Waals surface area (Å²) in [7, 11) is 0. The molecule has 4 atom stereocenters.